The van der Waals surface area contributed by atoms with Crippen molar-refractivity contribution in [2.24, 2.45) is 0 Å². The maximum absolute atomic E-state index is 10.4. The van der Waals surface area contributed by atoms with E-state index in [2.05, 4.69) is 53.5 Å². The topological polar surface area (TPSA) is 44.7 Å². The van der Waals surface area contributed by atoms with Crippen LogP contribution in [0, 0.1) is 0 Å². The predicted molar refractivity (Wildman–Crippen MR) is 101 cm³/mol. The molecule has 0 fully saturated rings. The molecule has 1 aliphatic rings. The van der Waals surface area contributed by atoms with Gasteiger partial charge in [-0.25, -0.2) is 0 Å². The first-order valence-corrected chi connectivity index (χ1v) is 9.00. The average Bonchev–Trinajstić information content (AvgIpc) is 2.66. The van der Waals surface area contributed by atoms with Crippen LogP contribution >= 0.6 is 0 Å². The second kappa shape index (κ2) is 8.48. The minimum absolute atomic E-state index is 0.197. The Hall–Kier alpha value is -1.88. The summed E-state index contributed by atoms with van der Waals surface area (Å²) in [5, 5.41) is 13.8. The Morgan fingerprint density at radius 1 is 1.12 bits per heavy atom. The number of fused-ring (bicyclic) bond motifs is 1. The molecule has 0 aromatic heterocycles. The van der Waals surface area contributed by atoms with Gasteiger partial charge in [-0.05, 0) is 42.2 Å². The predicted octanol–water partition coefficient (Wildman–Crippen LogP) is 2.77. The zero-order valence-corrected chi connectivity index (χ0v) is 15.1. The van der Waals surface area contributed by atoms with Crippen molar-refractivity contribution in [3.63, 3.8) is 0 Å². The fraction of sp³-hybridized carbons (Fsp3) is 0.429. The number of nitrogens with zero attached hydrogens (tertiary/aromatic N) is 1. The largest absolute Gasteiger partial charge is 0.497 e. The SMILES string of the molecule is COc1ccc(C(C)NCC(O)CN2CCc3ccccc3C2)cc1. The summed E-state index contributed by atoms with van der Waals surface area (Å²) in [6, 6.07) is 16.9. The van der Waals surface area contributed by atoms with E-state index in [1.165, 1.54) is 16.7 Å². The summed E-state index contributed by atoms with van der Waals surface area (Å²) in [7, 11) is 1.67. The second-order valence-corrected chi connectivity index (χ2v) is 6.81. The summed E-state index contributed by atoms with van der Waals surface area (Å²) >= 11 is 0. The van der Waals surface area contributed by atoms with Gasteiger partial charge in [-0.2, -0.15) is 0 Å². The van der Waals surface area contributed by atoms with Crippen molar-refractivity contribution < 1.29 is 9.84 Å². The Morgan fingerprint density at radius 3 is 2.56 bits per heavy atom. The third kappa shape index (κ3) is 4.82. The normalized spacial score (nSPS) is 16.9. The van der Waals surface area contributed by atoms with Gasteiger partial charge in [-0.1, -0.05) is 36.4 Å². The highest BCUT2D eigenvalue weighted by Crippen LogP contribution is 2.19. The van der Waals surface area contributed by atoms with E-state index in [0.29, 0.717) is 13.1 Å². The van der Waals surface area contributed by atoms with Gasteiger partial charge in [-0.15, -0.1) is 0 Å². The molecule has 2 aromatic rings. The number of ether oxygens (including phenoxy) is 1. The van der Waals surface area contributed by atoms with Crippen LogP contribution in [0.5, 0.6) is 5.75 Å². The van der Waals surface area contributed by atoms with Crippen molar-refractivity contribution >= 4 is 0 Å². The number of nitrogens with one attached hydrogen (secondary N) is 1. The van der Waals surface area contributed by atoms with Crippen LogP contribution in [0.25, 0.3) is 0 Å². The van der Waals surface area contributed by atoms with Gasteiger partial charge < -0.3 is 15.2 Å². The van der Waals surface area contributed by atoms with E-state index in [1.54, 1.807) is 7.11 Å². The molecule has 0 saturated carbocycles. The lowest BCUT2D eigenvalue weighted by molar-refractivity contribution is 0.102. The van der Waals surface area contributed by atoms with Crippen molar-refractivity contribution in [1.29, 1.82) is 0 Å². The van der Waals surface area contributed by atoms with Crippen LogP contribution in [-0.2, 0) is 13.0 Å². The zero-order chi connectivity index (χ0) is 17.6. The lowest BCUT2D eigenvalue weighted by Crippen LogP contribution is -2.41. The Balaban J connectivity index is 1.45. The van der Waals surface area contributed by atoms with Crippen LogP contribution < -0.4 is 10.1 Å². The fourth-order valence-electron chi connectivity index (χ4n) is 3.40. The number of benzene rings is 2. The highest BCUT2D eigenvalue weighted by atomic mass is 16.5. The maximum atomic E-state index is 10.4. The monoisotopic (exact) mass is 340 g/mol. The second-order valence-electron chi connectivity index (χ2n) is 6.81. The molecule has 3 rings (SSSR count). The Bertz CT molecular complexity index is 672. The molecule has 0 aliphatic carbocycles. The lowest BCUT2D eigenvalue weighted by atomic mass is 10.00. The van der Waals surface area contributed by atoms with Crippen molar-refractivity contribution in [2.45, 2.75) is 32.0 Å². The van der Waals surface area contributed by atoms with E-state index in [1.807, 2.05) is 12.1 Å². The van der Waals surface area contributed by atoms with Crippen molar-refractivity contribution in [3.8, 4) is 5.75 Å². The van der Waals surface area contributed by atoms with Crippen molar-refractivity contribution in [3.05, 3.63) is 65.2 Å². The Morgan fingerprint density at radius 2 is 1.84 bits per heavy atom. The Labute approximate surface area is 150 Å². The van der Waals surface area contributed by atoms with E-state index in [9.17, 15) is 5.11 Å². The first-order valence-electron chi connectivity index (χ1n) is 9.00. The summed E-state index contributed by atoms with van der Waals surface area (Å²) < 4.78 is 5.19. The maximum Gasteiger partial charge on any atom is 0.118 e. The number of aliphatic hydroxyl groups is 1. The van der Waals surface area contributed by atoms with Gasteiger partial charge in [0.05, 0.1) is 13.2 Å². The quantitative estimate of drug-likeness (QED) is 0.813. The molecular formula is C21H28N2O2. The van der Waals surface area contributed by atoms with Gasteiger partial charge in [0.1, 0.15) is 5.75 Å². The lowest BCUT2D eigenvalue weighted by Gasteiger charge is -2.30. The molecule has 134 valence electrons. The molecule has 2 N–H and O–H groups in total. The van der Waals surface area contributed by atoms with Crippen LogP contribution in [0.1, 0.15) is 29.7 Å². The molecular weight excluding hydrogens is 312 g/mol. The van der Waals surface area contributed by atoms with Crippen LogP contribution in [0.15, 0.2) is 48.5 Å². The summed E-state index contributed by atoms with van der Waals surface area (Å²) in [5.74, 6) is 0.862. The summed E-state index contributed by atoms with van der Waals surface area (Å²) in [5.41, 5.74) is 4.03. The van der Waals surface area contributed by atoms with Crippen molar-refractivity contribution in [1.82, 2.24) is 10.2 Å². The molecule has 4 nitrogen and oxygen atoms in total. The van der Waals surface area contributed by atoms with Crippen LogP contribution in [-0.4, -0.2) is 42.9 Å². The Kier molecular flexibility index (Phi) is 6.08. The van der Waals surface area contributed by atoms with Gasteiger partial charge in [0.25, 0.3) is 0 Å². The number of aliphatic hydroxyl groups excluding tert-OH is 1. The number of hydrogen-bond acceptors (Lipinski definition) is 4. The number of β-amino-alcohol motifs (C(OH)–C–C–N with tert-alkyl or cyclic N) is 1. The van der Waals surface area contributed by atoms with Crippen molar-refractivity contribution in [2.75, 3.05) is 26.7 Å². The van der Waals surface area contributed by atoms with Gasteiger partial charge in [0.15, 0.2) is 0 Å². The minimum Gasteiger partial charge on any atom is -0.497 e. The zero-order valence-electron chi connectivity index (χ0n) is 15.1. The molecule has 0 bridgehead atoms. The third-order valence-electron chi connectivity index (χ3n) is 4.95. The molecule has 1 aliphatic heterocycles. The standard InChI is InChI=1S/C21H28N2O2/c1-16(17-7-9-21(25-2)10-8-17)22-13-20(24)15-23-12-11-18-5-3-4-6-19(18)14-23/h3-10,16,20,22,24H,11-15H2,1-2H3. The number of hydrogen-bond donors (Lipinski definition) is 2. The summed E-state index contributed by atoms with van der Waals surface area (Å²) in [6.45, 7) is 5.36. The van der Waals surface area contributed by atoms with E-state index in [4.69, 9.17) is 4.74 Å². The van der Waals surface area contributed by atoms with Crippen LogP contribution in [0.3, 0.4) is 0 Å². The van der Waals surface area contributed by atoms with Gasteiger partial charge in [-0.3, -0.25) is 4.90 Å². The highest BCUT2D eigenvalue weighted by molar-refractivity contribution is 5.29. The van der Waals surface area contributed by atoms with Gasteiger partial charge >= 0.3 is 0 Å². The molecule has 0 saturated heterocycles. The number of rotatable bonds is 7. The third-order valence-corrected chi connectivity index (χ3v) is 4.95. The van der Waals surface area contributed by atoms with E-state index in [-0.39, 0.29) is 12.1 Å². The first-order chi connectivity index (χ1) is 12.2. The minimum atomic E-state index is -0.369. The van der Waals surface area contributed by atoms with Crippen LogP contribution in [0.2, 0.25) is 0 Å². The van der Waals surface area contributed by atoms with E-state index < -0.39 is 0 Å². The molecule has 0 radical (unpaired) electrons. The molecule has 4 heteroatoms. The summed E-state index contributed by atoms with van der Waals surface area (Å²) in [4.78, 5) is 2.34. The fourth-order valence-corrected chi connectivity index (χ4v) is 3.40. The van der Waals surface area contributed by atoms with Gasteiger partial charge in [0, 0.05) is 32.2 Å². The van der Waals surface area contributed by atoms with Gasteiger partial charge in [0.2, 0.25) is 0 Å². The summed E-state index contributed by atoms with van der Waals surface area (Å²) in [6.07, 6.45) is 0.699. The van der Waals surface area contributed by atoms with Crippen LogP contribution in [0.4, 0.5) is 0 Å². The highest BCUT2D eigenvalue weighted by Gasteiger charge is 2.18. The molecule has 0 spiro atoms. The molecule has 1 heterocycles. The molecule has 2 atom stereocenters. The average molecular weight is 340 g/mol. The molecule has 2 unspecified atom stereocenters. The number of methoxy groups -OCH3 is 1. The molecule has 0 amide bonds. The smallest absolute Gasteiger partial charge is 0.118 e. The first kappa shape index (κ1) is 17.9. The van der Waals surface area contributed by atoms with E-state index >= 15 is 0 Å². The van der Waals surface area contributed by atoms with E-state index in [0.717, 1.165) is 25.3 Å². The molecule has 2 aromatic carbocycles. The molecule has 25 heavy (non-hydrogen) atoms.